The number of fused-ring (bicyclic) bond motifs is 1. The SMILES string of the molecule is O=P(/N=C1\CCCCc2ccccc21)(c1ccccc1)c1ccccc1. The van der Waals surface area contributed by atoms with Gasteiger partial charge in [-0.25, -0.2) is 4.76 Å². The number of rotatable bonds is 3. The van der Waals surface area contributed by atoms with Crippen LogP contribution in [0.1, 0.15) is 30.4 Å². The third kappa shape index (κ3) is 3.30. The number of benzene rings is 3. The molecule has 1 aliphatic carbocycles. The van der Waals surface area contributed by atoms with Crippen molar-refractivity contribution >= 4 is 23.6 Å². The summed E-state index contributed by atoms with van der Waals surface area (Å²) < 4.78 is 19.2. The molecule has 0 N–H and O–H groups in total. The standard InChI is InChI=1S/C23H22NOP/c25-26(20-13-3-1-4-14-20,21-15-5-2-6-16-21)24-23-18-10-8-12-19-11-7-9-17-22(19)23/h1-7,9,11,13-17H,8,10,12,18H2/b24-23+. The van der Waals surface area contributed by atoms with E-state index in [0.29, 0.717) is 0 Å². The average Bonchev–Trinajstić information content (AvgIpc) is 2.92. The van der Waals surface area contributed by atoms with E-state index < -0.39 is 7.29 Å². The fourth-order valence-electron chi connectivity index (χ4n) is 3.56. The van der Waals surface area contributed by atoms with Crippen LogP contribution in [0.5, 0.6) is 0 Å². The van der Waals surface area contributed by atoms with Gasteiger partial charge in [-0.15, -0.1) is 0 Å². The zero-order valence-corrected chi connectivity index (χ0v) is 15.6. The first kappa shape index (κ1) is 17.0. The molecular formula is C23H22NOP. The Labute approximate surface area is 155 Å². The smallest absolute Gasteiger partial charge is 0.247 e. The molecule has 0 fully saturated rings. The highest BCUT2D eigenvalue weighted by atomic mass is 31.2. The van der Waals surface area contributed by atoms with Gasteiger partial charge in [0, 0.05) is 10.6 Å². The van der Waals surface area contributed by atoms with E-state index in [4.69, 9.17) is 4.76 Å². The molecule has 0 atom stereocenters. The van der Waals surface area contributed by atoms with E-state index in [-0.39, 0.29) is 0 Å². The highest BCUT2D eigenvalue weighted by Gasteiger charge is 2.28. The molecule has 1 aliphatic rings. The topological polar surface area (TPSA) is 29.4 Å². The zero-order valence-electron chi connectivity index (χ0n) is 14.7. The first-order valence-electron chi connectivity index (χ1n) is 9.16. The van der Waals surface area contributed by atoms with Crippen molar-refractivity contribution < 1.29 is 4.57 Å². The van der Waals surface area contributed by atoms with Crippen molar-refractivity contribution in [2.45, 2.75) is 25.7 Å². The van der Waals surface area contributed by atoms with Crippen molar-refractivity contribution in [3.05, 3.63) is 96.1 Å². The summed E-state index contributed by atoms with van der Waals surface area (Å²) in [6.45, 7) is 0. The fourth-order valence-corrected chi connectivity index (χ4v) is 5.79. The molecule has 26 heavy (non-hydrogen) atoms. The normalized spacial score (nSPS) is 16.1. The predicted octanol–water partition coefficient (Wildman–Crippen LogP) is 5.13. The van der Waals surface area contributed by atoms with Crippen LogP contribution in [0.25, 0.3) is 0 Å². The molecule has 2 nitrogen and oxygen atoms in total. The van der Waals surface area contributed by atoms with Crippen molar-refractivity contribution in [1.29, 1.82) is 0 Å². The summed E-state index contributed by atoms with van der Waals surface area (Å²) in [5.74, 6) is 0. The Balaban J connectivity index is 1.92. The first-order chi connectivity index (χ1) is 12.8. The Bertz CT molecular complexity index is 920. The zero-order chi connectivity index (χ0) is 17.8. The molecule has 0 heterocycles. The lowest BCUT2D eigenvalue weighted by atomic mass is 10.0. The van der Waals surface area contributed by atoms with Gasteiger partial charge in [0.15, 0.2) is 0 Å². The molecule has 130 valence electrons. The van der Waals surface area contributed by atoms with Crippen LogP contribution >= 0.6 is 7.29 Å². The number of hydrogen-bond donors (Lipinski definition) is 0. The van der Waals surface area contributed by atoms with Crippen molar-refractivity contribution in [2.24, 2.45) is 4.76 Å². The second-order valence-corrected chi connectivity index (χ2v) is 9.04. The Morgan fingerprint density at radius 2 is 1.19 bits per heavy atom. The van der Waals surface area contributed by atoms with Gasteiger partial charge in [0.2, 0.25) is 7.29 Å². The molecule has 0 bridgehead atoms. The van der Waals surface area contributed by atoms with Gasteiger partial charge >= 0.3 is 0 Å². The molecule has 0 aliphatic heterocycles. The molecule has 4 rings (SSSR count). The lowest BCUT2D eigenvalue weighted by Crippen LogP contribution is -2.16. The fraction of sp³-hybridized carbons (Fsp3) is 0.174. The number of hydrogen-bond acceptors (Lipinski definition) is 1. The van der Waals surface area contributed by atoms with Crippen LogP contribution in [0.4, 0.5) is 0 Å². The van der Waals surface area contributed by atoms with Gasteiger partial charge in [-0.05, 0) is 61.1 Å². The summed E-state index contributed by atoms with van der Waals surface area (Å²) in [6.07, 6.45) is 4.17. The molecular weight excluding hydrogens is 337 g/mol. The van der Waals surface area contributed by atoms with Gasteiger partial charge in [0.1, 0.15) is 0 Å². The maximum absolute atomic E-state index is 14.2. The lowest BCUT2D eigenvalue weighted by Gasteiger charge is -2.17. The van der Waals surface area contributed by atoms with Crippen LogP contribution < -0.4 is 10.6 Å². The second-order valence-electron chi connectivity index (χ2n) is 6.66. The summed E-state index contributed by atoms with van der Waals surface area (Å²) in [7, 11) is -3.08. The molecule has 3 aromatic carbocycles. The Morgan fingerprint density at radius 1 is 0.654 bits per heavy atom. The van der Waals surface area contributed by atoms with Crippen LogP contribution in [0.3, 0.4) is 0 Å². The van der Waals surface area contributed by atoms with E-state index in [1.165, 1.54) is 5.56 Å². The Morgan fingerprint density at radius 3 is 1.85 bits per heavy atom. The highest BCUT2D eigenvalue weighted by Crippen LogP contribution is 2.46. The third-order valence-electron chi connectivity index (χ3n) is 4.91. The predicted molar refractivity (Wildman–Crippen MR) is 110 cm³/mol. The minimum atomic E-state index is -3.08. The molecule has 0 saturated heterocycles. The largest absolute Gasteiger partial charge is 0.288 e. The maximum atomic E-state index is 14.2. The molecule has 0 spiro atoms. The summed E-state index contributed by atoms with van der Waals surface area (Å²) in [6, 6.07) is 27.8. The summed E-state index contributed by atoms with van der Waals surface area (Å²) in [4.78, 5) is 0. The minimum absolute atomic E-state index is 0.792. The van der Waals surface area contributed by atoms with Crippen molar-refractivity contribution in [1.82, 2.24) is 0 Å². The maximum Gasteiger partial charge on any atom is 0.247 e. The van der Waals surface area contributed by atoms with Gasteiger partial charge in [0.05, 0.1) is 5.71 Å². The Hall–Kier alpha value is -2.44. The van der Waals surface area contributed by atoms with E-state index in [9.17, 15) is 4.57 Å². The van der Waals surface area contributed by atoms with Crippen LogP contribution in [-0.4, -0.2) is 5.71 Å². The summed E-state index contributed by atoms with van der Waals surface area (Å²) in [5, 5.41) is 1.58. The first-order valence-corrected chi connectivity index (χ1v) is 10.8. The number of nitrogens with zero attached hydrogens (tertiary/aromatic N) is 1. The van der Waals surface area contributed by atoms with Crippen LogP contribution in [-0.2, 0) is 11.0 Å². The van der Waals surface area contributed by atoms with Crippen LogP contribution in [0, 0.1) is 0 Å². The van der Waals surface area contributed by atoms with E-state index in [1.807, 2.05) is 60.7 Å². The van der Waals surface area contributed by atoms with Crippen LogP contribution in [0.2, 0.25) is 0 Å². The van der Waals surface area contributed by atoms with Gasteiger partial charge < -0.3 is 0 Å². The van der Waals surface area contributed by atoms with Crippen LogP contribution in [0.15, 0.2) is 89.7 Å². The van der Waals surface area contributed by atoms with Crippen molar-refractivity contribution in [2.75, 3.05) is 0 Å². The lowest BCUT2D eigenvalue weighted by molar-refractivity contribution is 0.588. The van der Waals surface area contributed by atoms with E-state index >= 15 is 0 Å². The van der Waals surface area contributed by atoms with Crippen molar-refractivity contribution in [3.63, 3.8) is 0 Å². The monoisotopic (exact) mass is 359 g/mol. The van der Waals surface area contributed by atoms with Gasteiger partial charge in [0.25, 0.3) is 0 Å². The second kappa shape index (κ2) is 7.43. The van der Waals surface area contributed by atoms with Crippen molar-refractivity contribution in [3.8, 4) is 0 Å². The molecule has 0 amide bonds. The average molecular weight is 359 g/mol. The van der Waals surface area contributed by atoms with Gasteiger partial charge in [-0.3, -0.25) is 4.57 Å². The molecule has 0 radical (unpaired) electrons. The molecule has 0 saturated carbocycles. The summed E-state index contributed by atoms with van der Waals surface area (Å²) >= 11 is 0. The third-order valence-corrected chi connectivity index (χ3v) is 7.43. The molecule has 3 aromatic rings. The molecule has 3 heteroatoms. The number of aryl methyl sites for hydroxylation is 1. The van der Waals surface area contributed by atoms with Gasteiger partial charge in [-0.1, -0.05) is 60.7 Å². The Kier molecular flexibility index (Phi) is 4.86. The molecule has 0 aromatic heterocycles. The van der Waals surface area contributed by atoms with E-state index in [1.54, 1.807) is 0 Å². The van der Waals surface area contributed by atoms with E-state index in [2.05, 4.69) is 24.3 Å². The van der Waals surface area contributed by atoms with E-state index in [0.717, 1.165) is 47.6 Å². The molecule has 0 unspecified atom stereocenters. The minimum Gasteiger partial charge on any atom is -0.288 e. The van der Waals surface area contributed by atoms with Gasteiger partial charge in [-0.2, -0.15) is 0 Å². The highest BCUT2D eigenvalue weighted by molar-refractivity contribution is 7.77. The quantitative estimate of drug-likeness (QED) is 0.471. The summed E-state index contributed by atoms with van der Waals surface area (Å²) in [5.41, 5.74) is 3.46.